The minimum atomic E-state index is -3.65. The molecule has 0 aliphatic carbocycles. The molecule has 2 aliphatic rings. The van der Waals surface area contributed by atoms with Crippen molar-refractivity contribution < 1.29 is 13.2 Å². The summed E-state index contributed by atoms with van der Waals surface area (Å²) in [6.07, 6.45) is 1.67. The molecular weight excluding hydrogens is 456 g/mol. The first-order valence-corrected chi connectivity index (χ1v) is 13.2. The van der Waals surface area contributed by atoms with Gasteiger partial charge in [0.15, 0.2) is 0 Å². The average molecular weight is 483 g/mol. The van der Waals surface area contributed by atoms with Crippen LogP contribution in [0.15, 0.2) is 34.5 Å². The SMILES string of the molecule is Cc1nc(CN2CCC(C(=O)N3CCN(S(=O)(=O)c4ccccc4Cl)CC3)CC2)cs1. The molecule has 1 aromatic carbocycles. The maximum atomic E-state index is 13.0. The van der Waals surface area contributed by atoms with E-state index in [0.717, 1.165) is 43.2 Å². The molecule has 2 saturated heterocycles. The van der Waals surface area contributed by atoms with E-state index in [1.54, 1.807) is 29.5 Å². The number of hydrogen-bond acceptors (Lipinski definition) is 6. The number of piperazine rings is 1. The van der Waals surface area contributed by atoms with Crippen molar-refractivity contribution in [3.63, 3.8) is 0 Å². The molecule has 2 fully saturated rings. The molecule has 31 heavy (non-hydrogen) atoms. The molecule has 0 spiro atoms. The highest BCUT2D eigenvalue weighted by Gasteiger charge is 2.34. The van der Waals surface area contributed by atoms with Gasteiger partial charge in [-0.2, -0.15) is 4.31 Å². The van der Waals surface area contributed by atoms with Crippen LogP contribution >= 0.6 is 22.9 Å². The van der Waals surface area contributed by atoms with Crippen molar-refractivity contribution in [2.75, 3.05) is 39.3 Å². The fourth-order valence-corrected chi connectivity index (χ4v) is 6.77. The van der Waals surface area contributed by atoms with Crippen LogP contribution in [0.4, 0.5) is 0 Å². The number of amides is 1. The van der Waals surface area contributed by atoms with Crippen molar-refractivity contribution in [3.8, 4) is 0 Å². The highest BCUT2D eigenvalue weighted by atomic mass is 35.5. The molecule has 1 amide bonds. The first-order chi connectivity index (χ1) is 14.8. The number of piperidine rings is 1. The number of aromatic nitrogens is 1. The molecule has 4 rings (SSSR count). The van der Waals surface area contributed by atoms with E-state index >= 15 is 0 Å². The molecule has 7 nitrogen and oxygen atoms in total. The predicted octanol–water partition coefficient (Wildman–Crippen LogP) is 2.85. The minimum Gasteiger partial charge on any atom is -0.340 e. The number of rotatable bonds is 5. The lowest BCUT2D eigenvalue weighted by Gasteiger charge is -2.38. The first-order valence-electron chi connectivity index (χ1n) is 10.5. The number of aryl methyl sites for hydroxylation is 1. The van der Waals surface area contributed by atoms with Gasteiger partial charge in [-0.3, -0.25) is 9.69 Å². The van der Waals surface area contributed by atoms with Gasteiger partial charge in [0.2, 0.25) is 15.9 Å². The zero-order chi connectivity index (χ0) is 22.0. The quantitative estimate of drug-likeness (QED) is 0.655. The molecule has 0 N–H and O–H groups in total. The van der Waals surface area contributed by atoms with Gasteiger partial charge < -0.3 is 4.90 Å². The van der Waals surface area contributed by atoms with Crippen LogP contribution in [0.2, 0.25) is 5.02 Å². The van der Waals surface area contributed by atoms with Crippen LogP contribution in [0.5, 0.6) is 0 Å². The Morgan fingerprint density at radius 3 is 2.42 bits per heavy atom. The van der Waals surface area contributed by atoms with Gasteiger partial charge in [0.1, 0.15) is 4.90 Å². The number of thiazole rings is 1. The van der Waals surface area contributed by atoms with E-state index in [2.05, 4.69) is 15.3 Å². The third-order valence-electron chi connectivity index (χ3n) is 5.99. The number of carbonyl (C=O) groups is 1. The van der Waals surface area contributed by atoms with Crippen molar-refractivity contribution in [3.05, 3.63) is 45.4 Å². The van der Waals surface area contributed by atoms with Gasteiger partial charge in [0.25, 0.3) is 0 Å². The number of nitrogens with zero attached hydrogens (tertiary/aromatic N) is 4. The number of benzene rings is 1. The summed E-state index contributed by atoms with van der Waals surface area (Å²) in [5.74, 6) is 0.166. The molecule has 1 aromatic heterocycles. The van der Waals surface area contributed by atoms with E-state index in [1.165, 1.54) is 10.4 Å². The van der Waals surface area contributed by atoms with Crippen molar-refractivity contribution in [2.45, 2.75) is 31.2 Å². The van der Waals surface area contributed by atoms with Crippen molar-refractivity contribution in [2.24, 2.45) is 5.92 Å². The summed E-state index contributed by atoms with van der Waals surface area (Å²) in [5, 5.41) is 3.40. The second kappa shape index (κ2) is 9.54. The van der Waals surface area contributed by atoms with Gasteiger partial charge in [-0.15, -0.1) is 11.3 Å². The Labute approximate surface area is 192 Å². The molecule has 0 atom stereocenters. The lowest BCUT2D eigenvalue weighted by molar-refractivity contribution is -0.138. The summed E-state index contributed by atoms with van der Waals surface area (Å²) in [6, 6.07) is 6.48. The monoisotopic (exact) mass is 482 g/mol. The number of carbonyl (C=O) groups excluding carboxylic acids is 1. The van der Waals surface area contributed by atoms with Gasteiger partial charge in [-0.25, -0.2) is 13.4 Å². The number of sulfonamides is 1. The maximum Gasteiger partial charge on any atom is 0.244 e. The molecule has 2 aliphatic heterocycles. The van der Waals surface area contributed by atoms with Gasteiger partial charge in [0.05, 0.1) is 15.7 Å². The Morgan fingerprint density at radius 1 is 1.13 bits per heavy atom. The molecule has 0 radical (unpaired) electrons. The summed E-state index contributed by atoms with van der Waals surface area (Å²) in [4.78, 5) is 21.8. The van der Waals surface area contributed by atoms with Crippen LogP contribution in [0, 0.1) is 12.8 Å². The lowest BCUT2D eigenvalue weighted by atomic mass is 9.95. The summed E-state index contributed by atoms with van der Waals surface area (Å²) >= 11 is 7.76. The van der Waals surface area contributed by atoms with Gasteiger partial charge in [-0.1, -0.05) is 23.7 Å². The molecule has 10 heteroatoms. The zero-order valence-electron chi connectivity index (χ0n) is 17.5. The number of hydrogen-bond donors (Lipinski definition) is 0. The Balaban J connectivity index is 1.28. The van der Waals surface area contributed by atoms with E-state index in [0.29, 0.717) is 26.2 Å². The van der Waals surface area contributed by atoms with Crippen LogP contribution in [-0.2, 0) is 21.4 Å². The number of halogens is 1. The van der Waals surface area contributed by atoms with Gasteiger partial charge >= 0.3 is 0 Å². The van der Waals surface area contributed by atoms with Crippen molar-refractivity contribution >= 4 is 38.9 Å². The van der Waals surface area contributed by atoms with Crippen molar-refractivity contribution in [1.82, 2.24) is 19.1 Å². The van der Waals surface area contributed by atoms with Crippen LogP contribution < -0.4 is 0 Å². The highest BCUT2D eigenvalue weighted by molar-refractivity contribution is 7.89. The van der Waals surface area contributed by atoms with Crippen LogP contribution in [0.1, 0.15) is 23.5 Å². The Hall–Kier alpha value is -1.52. The Kier molecular flexibility index (Phi) is 6.98. The zero-order valence-corrected chi connectivity index (χ0v) is 19.9. The molecule has 0 unspecified atom stereocenters. The van der Waals surface area contributed by atoms with Gasteiger partial charge in [-0.05, 0) is 45.0 Å². The molecular formula is C21H27ClN4O3S2. The Morgan fingerprint density at radius 2 is 1.81 bits per heavy atom. The average Bonchev–Trinajstić information content (AvgIpc) is 3.18. The lowest BCUT2D eigenvalue weighted by Crippen LogP contribution is -2.52. The third-order valence-corrected chi connectivity index (χ3v) is 9.21. The second-order valence-electron chi connectivity index (χ2n) is 8.07. The molecule has 3 heterocycles. The Bertz CT molecular complexity index is 1030. The van der Waals surface area contributed by atoms with Crippen LogP contribution in [0.3, 0.4) is 0 Å². The minimum absolute atomic E-state index is 0.0140. The largest absolute Gasteiger partial charge is 0.340 e. The molecule has 0 bridgehead atoms. The number of likely N-dealkylation sites (tertiary alicyclic amines) is 1. The van der Waals surface area contributed by atoms with E-state index in [1.807, 2.05) is 11.8 Å². The smallest absolute Gasteiger partial charge is 0.244 e. The van der Waals surface area contributed by atoms with E-state index in [-0.39, 0.29) is 21.7 Å². The third kappa shape index (κ3) is 5.12. The normalized spacial score (nSPS) is 19.6. The summed E-state index contributed by atoms with van der Waals surface area (Å²) in [5.41, 5.74) is 1.10. The second-order valence-corrected chi connectivity index (χ2v) is 11.4. The molecule has 2 aromatic rings. The topological polar surface area (TPSA) is 73.8 Å². The van der Waals surface area contributed by atoms with E-state index in [4.69, 9.17) is 11.6 Å². The van der Waals surface area contributed by atoms with Crippen LogP contribution in [-0.4, -0.2) is 72.7 Å². The molecule has 0 saturated carbocycles. The van der Waals surface area contributed by atoms with Crippen LogP contribution in [0.25, 0.3) is 0 Å². The standard InChI is InChI=1S/C21H27ClN4O3S2/c1-16-23-18(15-30-16)14-24-8-6-17(7-9-24)21(27)25-10-12-26(13-11-25)31(28,29)20-5-3-2-4-19(20)22/h2-5,15,17H,6-14H2,1H3. The van der Waals surface area contributed by atoms with Gasteiger partial charge in [0, 0.05) is 44.0 Å². The maximum absolute atomic E-state index is 13.0. The van der Waals surface area contributed by atoms with E-state index in [9.17, 15) is 13.2 Å². The fraction of sp³-hybridized carbons (Fsp3) is 0.524. The summed E-state index contributed by atoms with van der Waals surface area (Å²) in [6.45, 7) is 6.04. The molecule has 168 valence electrons. The fourth-order valence-electron chi connectivity index (χ4n) is 4.25. The summed E-state index contributed by atoms with van der Waals surface area (Å²) in [7, 11) is -3.65. The van der Waals surface area contributed by atoms with E-state index < -0.39 is 10.0 Å². The predicted molar refractivity (Wildman–Crippen MR) is 122 cm³/mol. The highest BCUT2D eigenvalue weighted by Crippen LogP contribution is 2.26. The van der Waals surface area contributed by atoms with Crippen molar-refractivity contribution in [1.29, 1.82) is 0 Å². The summed E-state index contributed by atoms with van der Waals surface area (Å²) < 4.78 is 27.2. The first kappa shape index (κ1) is 22.7.